The van der Waals surface area contributed by atoms with Gasteiger partial charge in [-0.3, -0.25) is 9.59 Å². The molecule has 1 saturated heterocycles. The summed E-state index contributed by atoms with van der Waals surface area (Å²) in [7, 11) is -3.51. The molecule has 7 nitrogen and oxygen atoms in total. The lowest BCUT2D eigenvalue weighted by Crippen LogP contribution is -2.43. The molecular weight excluding hydrogens is 606 g/mol. The van der Waals surface area contributed by atoms with Gasteiger partial charge >= 0.3 is 0 Å². The minimum absolute atomic E-state index is 0.139. The third kappa shape index (κ3) is 8.39. The van der Waals surface area contributed by atoms with Crippen molar-refractivity contribution in [1.82, 2.24) is 14.5 Å². The molecule has 0 aromatic heterocycles. The quantitative estimate of drug-likeness (QED) is 0.192. The van der Waals surface area contributed by atoms with E-state index < -0.39 is 16.1 Å². The largest absolute Gasteiger partial charge is 0.350 e. The molecule has 1 heterocycles. The Bertz CT molecular complexity index is 1690. The van der Waals surface area contributed by atoms with E-state index in [-0.39, 0.29) is 29.7 Å². The molecule has 1 aliphatic rings. The van der Waals surface area contributed by atoms with Crippen molar-refractivity contribution in [2.24, 2.45) is 0 Å². The molecule has 0 unspecified atom stereocenters. The molecule has 0 saturated carbocycles. The van der Waals surface area contributed by atoms with Crippen LogP contribution in [-0.4, -0.2) is 42.5 Å². The predicted octanol–water partition coefficient (Wildman–Crippen LogP) is 6.45. The number of hydrogen-bond donors (Lipinski definition) is 1. The number of rotatable bonds is 12. The Labute approximate surface area is 270 Å². The van der Waals surface area contributed by atoms with Gasteiger partial charge in [0.25, 0.3) is 0 Å². The minimum atomic E-state index is -3.51. The van der Waals surface area contributed by atoms with Gasteiger partial charge in [0.2, 0.25) is 21.8 Å². The molecule has 0 radical (unpaired) electrons. The SMILES string of the molecule is Cc1ccc(CNC(=O)[C@H](c2ccccc2)N(Cc2ccc(Cl)cc2)C(=O)CCc2ccc(S(=O)(=O)N3CCCC3)cc2)cc1. The van der Waals surface area contributed by atoms with Gasteiger partial charge in [-0.1, -0.05) is 96.0 Å². The highest BCUT2D eigenvalue weighted by Gasteiger charge is 2.31. The van der Waals surface area contributed by atoms with Crippen molar-refractivity contribution in [2.75, 3.05) is 13.1 Å². The van der Waals surface area contributed by atoms with Crippen LogP contribution in [0.2, 0.25) is 5.02 Å². The van der Waals surface area contributed by atoms with Gasteiger partial charge in [0.1, 0.15) is 6.04 Å². The van der Waals surface area contributed by atoms with Crippen LogP contribution in [0.4, 0.5) is 0 Å². The average Bonchev–Trinajstić information content (AvgIpc) is 3.61. The first-order chi connectivity index (χ1) is 21.7. The Balaban J connectivity index is 1.37. The van der Waals surface area contributed by atoms with E-state index in [2.05, 4.69) is 5.32 Å². The van der Waals surface area contributed by atoms with Crippen LogP contribution in [0.25, 0.3) is 0 Å². The molecule has 0 bridgehead atoms. The van der Waals surface area contributed by atoms with Crippen LogP contribution in [-0.2, 0) is 39.1 Å². The first-order valence-corrected chi connectivity index (χ1v) is 17.0. The van der Waals surface area contributed by atoms with E-state index in [9.17, 15) is 18.0 Å². The van der Waals surface area contributed by atoms with Crippen molar-refractivity contribution in [3.8, 4) is 0 Å². The molecule has 1 N–H and O–H groups in total. The van der Waals surface area contributed by atoms with Crippen molar-refractivity contribution >= 4 is 33.4 Å². The maximum Gasteiger partial charge on any atom is 0.247 e. The predicted molar refractivity (Wildman–Crippen MR) is 177 cm³/mol. The number of halogens is 1. The lowest BCUT2D eigenvalue weighted by molar-refractivity contribution is -0.141. The summed E-state index contributed by atoms with van der Waals surface area (Å²) in [6, 6.07) is 30.4. The molecule has 1 fully saturated rings. The van der Waals surface area contributed by atoms with Crippen molar-refractivity contribution in [3.63, 3.8) is 0 Å². The summed E-state index contributed by atoms with van der Waals surface area (Å²) in [5.41, 5.74) is 4.49. The number of aryl methyl sites for hydroxylation is 2. The van der Waals surface area contributed by atoms with E-state index in [0.29, 0.717) is 36.6 Å². The van der Waals surface area contributed by atoms with Gasteiger partial charge in [-0.25, -0.2) is 8.42 Å². The molecule has 234 valence electrons. The Hall–Kier alpha value is -3.98. The molecule has 0 spiro atoms. The third-order valence-electron chi connectivity index (χ3n) is 8.10. The Kier molecular flexibility index (Phi) is 10.7. The fourth-order valence-electron chi connectivity index (χ4n) is 5.51. The highest BCUT2D eigenvalue weighted by molar-refractivity contribution is 7.89. The maximum atomic E-state index is 14.0. The molecule has 5 rings (SSSR count). The van der Waals surface area contributed by atoms with Crippen molar-refractivity contribution in [2.45, 2.75) is 56.6 Å². The van der Waals surface area contributed by atoms with Gasteiger partial charge in [-0.05, 0) is 72.7 Å². The summed E-state index contributed by atoms with van der Waals surface area (Å²) < 4.78 is 27.4. The maximum absolute atomic E-state index is 14.0. The molecule has 45 heavy (non-hydrogen) atoms. The van der Waals surface area contributed by atoms with Crippen molar-refractivity contribution in [1.29, 1.82) is 0 Å². The van der Waals surface area contributed by atoms with E-state index in [1.165, 1.54) is 4.31 Å². The summed E-state index contributed by atoms with van der Waals surface area (Å²) in [6.45, 7) is 3.64. The number of sulfonamides is 1. The van der Waals surface area contributed by atoms with Crippen LogP contribution < -0.4 is 5.32 Å². The van der Waals surface area contributed by atoms with Gasteiger partial charge < -0.3 is 10.2 Å². The minimum Gasteiger partial charge on any atom is -0.350 e. The number of amides is 2. The summed E-state index contributed by atoms with van der Waals surface area (Å²) in [6.07, 6.45) is 2.28. The van der Waals surface area contributed by atoms with Crippen LogP contribution in [0.3, 0.4) is 0 Å². The highest BCUT2D eigenvalue weighted by atomic mass is 35.5. The molecule has 1 atom stereocenters. The molecule has 9 heteroatoms. The van der Waals surface area contributed by atoms with Crippen molar-refractivity contribution < 1.29 is 18.0 Å². The zero-order chi connectivity index (χ0) is 31.8. The fourth-order valence-corrected chi connectivity index (χ4v) is 7.15. The molecule has 4 aromatic carbocycles. The summed E-state index contributed by atoms with van der Waals surface area (Å²) in [5.74, 6) is -0.474. The Morgan fingerprint density at radius 3 is 2.07 bits per heavy atom. The number of nitrogens with one attached hydrogen (secondary N) is 1. The van der Waals surface area contributed by atoms with Crippen LogP contribution in [0.15, 0.2) is 108 Å². The second kappa shape index (κ2) is 14.9. The van der Waals surface area contributed by atoms with Crippen LogP contribution in [0, 0.1) is 6.92 Å². The average molecular weight is 644 g/mol. The summed E-state index contributed by atoms with van der Waals surface area (Å²) in [5, 5.41) is 3.64. The monoisotopic (exact) mass is 643 g/mol. The normalized spacial score (nSPS) is 14.2. The number of carbonyl (C=O) groups excluding carboxylic acids is 2. The molecule has 2 amide bonds. The van der Waals surface area contributed by atoms with Gasteiger partial charge in [0.15, 0.2) is 0 Å². The van der Waals surface area contributed by atoms with E-state index in [1.54, 1.807) is 41.3 Å². The lowest BCUT2D eigenvalue weighted by Gasteiger charge is -2.32. The Morgan fingerprint density at radius 2 is 1.42 bits per heavy atom. The second-order valence-electron chi connectivity index (χ2n) is 11.4. The summed E-state index contributed by atoms with van der Waals surface area (Å²) >= 11 is 6.14. The van der Waals surface area contributed by atoms with Crippen LogP contribution in [0.1, 0.15) is 53.1 Å². The van der Waals surface area contributed by atoms with Gasteiger partial charge in [-0.2, -0.15) is 4.31 Å². The van der Waals surface area contributed by atoms with Gasteiger partial charge in [-0.15, -0.1) is 0 Å². The first-order valence-electron chi connectivity index (χ1n) is 15.2. The van der Waals surface area contributed by atoms with Crippen LogP contribution >= 0.6 is 11.6 Å². The molecule has 4 aromatic rings. The zero-order valence-corrected chi connectivity index (χ0v) is 26.9. The lowest BCUT2D eigenvalue weighted by atomic mass is 10.0. The van der Waals surface area contributed by atoms with E-state index in [0.717, 1.165) is 35.1 Å². The fraction of sp³-hybridized carbons (Fsp3) is 0.278. The Morgan fingerprint density at radius 1 is 0.822 bits per heavy atom. The van der Waals surface area contributed by atoms with E-state index >= 15 is 0 Å². The number of nitrogens with zero attached hydrogens (tertiary/aromatic N) is 2. The molecule has 0 aliphatic carbocycles. The number of benzene rings is 4. The van der Waals surface area contributed by atoms with Gasteiger partial charge in [0.05, 0.1) is 4.90 Å². The number of carbonyl (C=O) groups is 2. The summed E-state index contributed by atoms with van der Waals surface area (Å²) in [4.78, 5) is 29.8. The van der Waals surface area contributed by atoms with Crippen molar-refractivity contribution in [3.05, 3.63) is 136 Å². The second-order valence-corrected chi connectivity index (χ2v) is 13.8. The topological polar surface area (TPSA) is 86.8 Å². The van der Waals surface area contributed by atoms with E-state index in [1.807, 2.05) is 73.7 Å². The van der Waals surface area contributed by atoms with Gasteiger partial charge in [0, 0.05) is 37.6 Å². The highest BCUT2D eigenvalue weighted by Crippen LogP contribution is 2.27. The standard InChI is InChI=1S/C36H38ClN3O4S/c1-27-9-11-29(12-10-27)25-38-36(42)35(31-7-3-2-4-8-31)40(26-30-13-18-32(37)19-14-30)34(41)22-17-28-15-20-33(21-16-28)45(43,44)39-23-5-6-24-39/h2-4,7-16,18-21,35H,5-6,17,22-26H2,1H3,(H,38,42)/t35-/m0/s1. The third-order valence-corrected chi connectivity index (χ3v) is 10.3. The number of hydrogen-bond acceptors (Lipinski definition) is 4. The molecule has 1 aliphatic heterocycles. The molecular formula is C36H38ClN3O4S. The zero-order valence-electron chi connectivity index (χ0n) is 25.4. The smallest absolute Gasteiger partial charge is 0.247 e. The van der Waals surface area contributed by atoms with E-state index in [4.69, 9.17) is 11.6 Å². The first kappa shape index (κ1) is 32.4. The van der Waals surface area contributed by atoms with Crippen LogP contribution in [0.5, 0.6) is 0 Å².